The highest BCUT2D eigenvalue weighted by Crippen LogP contribution is 2.54. The molecule has 0 spiro atoms. The van der Waals surface area contributed by atoms with Gasteiger partial charge >= 0.3 is 0 Å². The second-order valence-corrected chi connectivity index (χ2v) is 10.1. The summed E-state index contributed by atoms with van der Waals surface area (Å²) in [4.78, 5) is 0. The number of hydrogen-bond acceptors (Lipinski definition) is 2. The molecule has 0 amide bonds. The van der Waals surface area contributed by atoms with Gasteiger partial charge in [0.15, 0.2) is 0 Å². The van der Waals surface area contributed by atoms with E-state index in [-0.39, 0.29) is 17.0 Å². The van der Waals surface area contributed by atoms with E-state index in [4.69, 9.17) is 9.47 Å². The molecule has 4 aromatic carbocycles. The molecule has 2 nitrogen and oxygen atoms in total. The summed E-state index contributed by atoms with van der Waals surface area (Å²) >= 11 is 0. The molecule has 30 heavy (non-hydrogen) atoms. The van der Waals surface area contributed by atoms with Gasteiger partial charge in [0.05, 0.1) is 14.2 Å². The van der Waals surface area contributed by atoms with Crippen molar-refractivity contribution in [2.24, 2.45) is 0 Å². The van der Waals surface area contributed by atoms with Crippen molar-refractivity contribution in [3.63, 3.8) is 0 Å². The maximum Gasteiger partial charge on any atom is 0.144 e. The van der Waals surface area contributed by atoms with E-state index < -0.39 is 7.26 Å². The number of halogens is 1. The highest BCUT2D eigenvalue weighted by molar-refractivity contribution is 8.01. The molecule has 0 saturated carbocycles. The summed E-state index contributed by atoms with van der Waals surface area (Å²) in [6.45, 7) is 0. The van der Waals surface area contributed by atoms with Gasteiger partial charge in [-0.1, -0.05) is 36.4 Å². The van der Waals surface area contributed by atoms with E-state index in [1.807, 2.05) is 0 Å². The number of rotatable bonds is 6. The van der Waals surface area contributed by atoms with E-state index in [2.05, 4.69) is 109 Å². The number of hydrogen-bond donors (Lipinski definition) is 0. The normalized spacial score (nSPS) is 10.7. The fourth-order valence-corrected chi connectivity index (χ4v) is 8.03. The lowest BCUT2D eigenvalue weighted by molar-refractivity contribution is -0.00000622. The highest BCUT2D eigenvalue weighted by Gasteiger charge is 2.47. The van der Waals surface area contributed by atoms with Crippen LogP contribution in [0.1, 0.15) is 0 Å². The smallest absolute Gasteiger partial charge is 0.144 e. The van der Waals surface area contributed by atoms with Crippen molar-refractivity contribution >= 4 is 28.5 Å². The van der Waals surface area contributed by atoms with Gasteiger partial charge in [-0.15, -0.1) is 0 Å². The van der Waals surface area contributed by atoms with Gasteiger partial charge in [-0.05, 0) is 72.8 Å². The Balaban J connectivity index is 0.00000256. The van der Waals surface area contributed by atoms with E-state index in [0.717, 1.165) is 11.5 Å². The molecular weight excluding hydrogens is 455 g/mol. The average Bonchev–Trinajstić information content (AvgIpc) is 2.82. The van der Waals surface area contributed by atoms with Crippen LogP contribution in [-0.2, 0) is 0 Å². The Labute approximate surface area is 189 Å². The van der Waals surface area contributed by atoms with Crippen LogP contribution < -0.4 is 47.7 Å². The zero-order valence-corrected chi connectivity index (χ0v) is 19.5. The molecular formula is C26H24BrO2P. The fourth-order valence-electron chi connectivity index (χ4n) is 3.81. The molecule has 0 aliphatic carbocycles. The third-order valence-electron chi connectivity index (χ3n) is 5.21. The van der Waals surface area contributed by atoms with Crippen molar-refractivity contribution in [2.45, 2.75) is 0 Å². The molecule has 4 heteroatoms. The summed E-state index contributed by atoms with van der Waals surface area (Å²) in [7, 11) is 1.33. The molecule has 0 aliphatic heterocycles. The molecule has 152 valence electrons. The molecule has 0 aromatic heterocycles. The standard InChI is InChI=1S/C26H24O2P.BrH/c1-27-21-13-17-25(18-14-21)29(23-9-5-3-6-10-23,24-11-7-4-8-12-24)26-19-15-22(28-2)16-20-26;/h3-20H,1-2H3;1H/q+1;/p-1. The van der Waals surface area contributed by atoms with Gasteiger partial charge in [-0.2, -0.15) is 0 Å². The molecule has 4 aromatic rings. The fraction of sp³-hybridized carbons (Fsp3) is 0.0769. The minimum absolute atomic E-state index is 0. The average molecular weight is 479 g/mol. The van der Waals surface area contributed by atoms with E-state index in [1.165, 1.54) is 21.2 Å². The van der Waals surface area contributed by atoms with Crippen LogP contribution in [0.15, 0.2) is 109 Å². The Kier molecular flexibility index (Phi) is 7.31. The Bertz CT molecular complexity index is 961. The van der Waals surface area contributed by atoms with Crippen molar-refractivity contribution < 1.29 is 26.5 Å². The summed E-state index contributed by atoms with van der Waals surface area (Å²) < 4.78 is 10.9. The first kappa shape index (κ1) is 22.1. The lowest BCUT2D eigenvalue weighted by Gasteiger charge is -2.27. The number of benzene rings is 4. The highest BCUT2D eigenvalue weighted by atomic mass is 79.9. The molecule has 4 rings (SSSR count). The SMILES string of the molecule is COc1ccc([P+](c2ccccc2)(c2ccccc2)c2ccc(OC)cc2)cc1.[Br-]. The van der Waals surface area contributed by atoms with E-state index in [0.29, 0.717) is 0 Å². The van der Waals surface area contributed by atoms with Crippen LogP contribution >= 0.6 is 7.26 Å². The Morgan fingerprint density at radius 3 is 1.03 bits per heavy atom. The van der Waals surface area contributed by atoms with Gasteiger partial charge in [0.1, 0.15) is 40.0 Å². The predicted octanol–water partition coefficient (Wildman–Crippen LogP) is 1.33. The van der Waals surface area contributed by atoms with Gasteiger partial charge < -0.3 is 26.5 Å². The Morgan fingerprint density at radius 2 is 0.733 bits per heavy atom. The maximum atomic E-state index is 5.43. The molecule has 0 fully saturated rings. The van der Waals surface area contributed by atoms with Crippen LogP contribution in [0.4, 0.5) is 0 Å². The van der Waals surface area contributed by atoms with Crippen molar-refractivity contribution in [2.75, 3.05) is 14.2 Å². The summed E-state index contributed by atoms with van der Waals surface area (Å²) in [5.41, 5.74) is 0. The minimum atomic E-state index is -2.08. The maximum absolute atomic E-state index is 5.43. The molecule has 0 atom stereocenters. The third-order valence-corrected chi connectivity index (χ3v) is 9.50. The van der Waals surface area contributed by atoms with Crippen LogP contribution in [0.25, 0.3) is 0 Å². The summed E-state index contributed by atoms with van der Waals surface area (Å²) in [5.74, 6) is 1.73. The zero-order valence-electron chi connectivity index (χ0n) is 17.0. The third kappa shape index (κ3) is 4.01. The lowest BCUT2D eigenvalue weighted by atomic mass is 10.3. The Hall–Kier alpha value is -2.61. The molecule has 0 bridgehead atoms. The van der Waals surface area contributed by atoms with Gasteiger partial charge in [-0.3, -0.25) is 0 Å². The molecule has 0 aliphatic rings. The van der Waals surface area contributed by atoms with Crippen LogP contribution in [0, 0.1) is 0 Å². The molecule has 0 heterocycles. The second-order valence-electron chi connectivity index (χ2n) is 6.74. The Morgan fingerprint density at radius 1 is 0.433 bits per heavy atom. The van der Waals surface area contributed by atoms with E-state index in [9.17, 15) is 0 Å². The number of methoxy groups -OCH3 is 2. The largest absolute Gasteiger partial charge is 1.00 e. The molecule has 0 saturated heterocycles. The minimum Gasteiger partial charge on any atom is -1.00 e. The molecule has 0 radical (unpaired) electrons. The zero-order chi connectivity index (χ0) is 20.1. The van der Waals surface area contributed by atoms with E-state index >= 15 is 0 Å². The topological polar surface area (TPSA) is 18.5 Å². The first-order valence-electron chi connectivity index (χ1n) is 9.58. The lowest BCUT2D eigenvalue weighted by Crippen LogP contribution is -3.00. The van der Waals surface area contributed by atoms with E-state index in [1.54, 1.807) is 14.2 Å². The summed E-state index contributed by atoms with van der Waals surface area (Å²) in [5, 5.41) is 5.23. The number of ether oxygens (including phenoxy) is 2. The van der Waals surface area contributed by atoms with Gasteiger partial charge in [0.25, 0.3) is 0 Å². The van der Waals surface area contributed by atoms with Crippen LogP contribution in [0.3, 0.4) is 0 Å². The van der Waals surface area contributed by atoms with Crippen molar-refractivity contribution in [3.8, 4) is 11.5 Å². The quantitative estimate of drug-likeness (QED) is 0.389. The van der Waals surface area contributed by atoms with Crippen molar-refractivity contribution in [3.05, 3.63) is 109 Å². The van der Waals surface area contributed by atoms with Crippen molar-refractivity contribution in [1.29, 1.82) is 0 Å². The predicted molar refractivity (Wildman–Crippen MR) is 124 cm³/mol. The first-order valence-corrected chi connectivity index (χ1v) is 11.4. The first-order chi connectivity index (χ1) is 14.3. The summed E-state index contributed by atoms with van der Waals surface area (Å²) in [6, 6.07) is 38.7. The molecule has 0 unspecified atom stereocenters. The second kappa shape index (κ2) is 9.93. The monoisotopic (exact) mass is 478 g/mol. The van der Waals surface area contributed by atoms with Gasteiger partial charge in [0.2, 0.25) is 0 Å². The molecule has 0 N–H and O–H groups in total. The van der Waals surface area contributed by atoms with Gasteiger partial charge in [0, 0.05) is 0 Å². The van der Waals surface area contributed by atoms with Crippen LogP contribution in [0.2, 0.25) is 0 Å². The summed E-state index contributed by atoms with van der Waals surface area (Å²) in [6.07, 6.45) is 0. The van der Waals surface area contributed by atoms with Crippen molar-refractivity contribution in [1.82, 2.24) is 0 Å². The van der Waals surface area contributed by atoms with Gasteiger partial charge in [-0.25, -0.2) is 0 Å². The van der Waals surface area contributed by atoms with Crippen LogP contribution in [-0.4, -0.2) is 14.2 Å². The van der Waals surface area contributed by atoms with Crippen LogP contribution in [0.5, 0.6) is 11.5 Å².